The summed E-state index contributed by atoms with van der Waals surface area (Å²) in [6.07, 6.45) is 0. The van der Waals surface area contributed by atoms with Gasteiger partial charge in [0.2, 0.25) is 0 Å². The lowest BCUT2D eigenvalue weighted by Crippen LogP contribution is -2.19. The van der Waals surface area contributed by atoms with Gasteiger partial charge in [0, 0.05) is 11.1 Å². The molecule has 0 spiro atoms. The number of anilines is 1. The van der Waals surface area contributed by atoms with Crippen molar-refractivity contribution in [1.29, 1.82) is 0 Å². The van der Waals surface area contributed by atoms with Gasteiger partial charge in [-0.25, -0.2) is 0 Å². The van der Waals surface area contributed by atoms with Gasteiger partial charge in [0.25, 0.3) is 5.69 Å². The zero-order chi connectivity index (χ0) is 10.7. The lowest BCUT2D eigenvalue weighted by Gasteiger charge is -2.04. The summed E-state index contributed by atoms with van der Waals surface area (Å²) in [6.45, 7) is 0. The molecule has 74 valence electrons. The lowest BCUT2D eigenvalue weighted by atomic mass is 10.3. The Hall–Kier alpha value is -1.40. The number of nitrogens with two attached hydrogens (primary N) is 1. The topological polar surface area (TPSA) is 81.2 Å². The van der Waals surface area contributed by atoms with Gasteiger partial charge in [0.1, 0.15) is 5.69 Å². The molecule has 1 rings (SSSR count). The van der Waals surface area contributed by atoms with Crippen LogP contribution in [0.5, 0.6) is 0 Å². The van der Waals surface area contributed by atoms with Crippen molar-refractivity contribution in [3.8, 4) is 0 Å². The largest absolute Gasteiger partial charge is 0.376 e. The van der Waals surface area contributed by atoms with Gasteiger partial charge in [-0.05, 0) is 24.4 Å². The van der Waals surface area contributed by atoms with E-state index in [1.165, 1.54) is 18.2 Å². The van der Waals surface area contributed by atoms with Crippen LogP contribution in [-0.4, -0.2) is 10.0 Å². The Balaban J connectivity index is 3.15. The molecule has 0 bridgehead atoms. The molecular weight excluding hydrogens is 226 g/mol. The van der Waals surface area contributed by atoms with Crippen molar-refractivity contribution in [2.45, 2.75) is 0 Å². The smallest absolute Gasteiger partial charge is 0.292 e. The molecule has 0 radical (unpaired) electrons. The average molecular weight is 232 g/mol. The molecule has 0 aromatic heterocycles. The predicted octanol–water partition coefficient (Wildman–Crippen LogP) is 1.90. The molecule has 0 unspecified atom stereocenters. The number of nitrogens with one attached hydrogen (secondary N) is 1. The van der Waals surface area contributed by atoms with Crippen LogP contribution in [0.25, 0.3) is 0 Å². The summed E-state index contributed by atoms with van der Waals surface area (Å²) in [4.78, 5) is 10.0. The molecule has 1 aromatic carbocycles. The number of halogens is 1. The second-order valence-electron chi connectivity index (χ2n) is 2.41. The highest BCUT2D eigenvalue weighted by Crippen LogP contribution is 2.27. The van der Waals surface area contributed by atoms with E-state index in [1.54, 1.807) is 0 Å². The minimum Gasteiger partial charge on any atom is -0.376 e. The fraction of sp³-hybridized carbons (Fsp3) is 0. The monoisotopic (exact) mass is 231 g/mol. The second-order valence-corrected chi connectivity index (χ2v) is 3.28. The molecule has 0 heterocycles. The highest BCUT2D eigenvalue weighted by Gasteiger charge is 2.13. The van der Waals surface area contributed by atoms with E-state index in [9.17, 15) is 10.1 Å². The molecule has 0 fully saturated rings. The van der Waals surface area contributed by atoms with Gasteiger partial charge in [-0.1, -0.05) is 11.6 Å². The van der Waals surface area contributed by atoms with E-state index in [1.807, 2.05) is 0 Å². The molecule has 5 nitrogen and oxygen atoms in total. The highest BCUT2D eigenvalue weighted by atomic mass is 35.5. The van der Waals surface area contributed by atoms with Gasteiger partial charge in [0.05, 0.1) is 4.92 Å². The van der Waals surface area contributed by atoms with E-state index in [-0.39, 0.29) is 16.5 Å². The zero-order valence-corrected chi connectivity index (χ0v) is 8.43. The van der Waals surface area contributed by atoms with Crippen LogP contribution in [0, 0.1) is 10.1 Å². The molecule has 0 aliphatic rings. The summed E-state index contributed by atoms with van der Waals surface area (Å²) in [5, 5.41) is 13.4. The van der Waals surface area contributed by atoms with Crippen molar-refractivity contribution in [2.24, 2.45) is 5.73 Å². The number of thiocarbonyl (C=S) groups is 1. The van der Waals surface area contributed by atoms with Crippen molar-refractivity contribution in [3.05, 3.63) is 33.3 Å². The van der Waals surface area contributed by atoms with Crippen molar-refractivity contribution in [2.75, 3.05) is 5.32 Å². The van der Waals surface area contributed by atoms with Crippen LogP contribution in [0.4, 0.5) is 11.4 Å². The minimum absolute atomic E-state index is 0.0460. The molecular formula is C7H6ClN3O2S. The van der Waals surface area contributed by atoms with E-state index in [4.69, 9.17) is 17.3 Å². The molecule has 0 amide bonds. The number of nitrogens with zero attached hydrogens (tertiary/aromatic N) is 1. The standard InChI is InChI=1S/C7H6ClN3O2S/c8-4-1-2-6(11(12)13)5(3-4)10-7(9)14/h1-3H,(H3,9,10,14). The number of hydrogen-bond donors (Lipinski definition) is 2. The van der Waals surface area contributed by atoms with Crippen molar-refractivity contribution in [1.82, 2.24) is 0 Å². The van der Waals surface area contributed by atoms with Crippen molar-refractivity contribution < 1.29 is 4.92 Å². The maximum Gasteiger partial charge on any atom is 0.292 e. The minimum atomic E-state index is -0.545. The normalized spacial score (nSPS) is 9.50. The van der Waals surface area contributed by atoms with Crippen LogP contribution >= 0.6 is 23.8 Å². The van der Waals surface area contributed by atoms with E-state index in [2.05, 4.69) is 17.5 Å². The Morgan fingerprint density at radius 3 is 2.79 bits per heavy atom. The quantitative estimate of drug-likeness (QED) is 0.462. The van der Waals surface area contributed by atoms with Crippen LogP contribution in [0.3, 0.4) is 0 Å². The molecule has 1 aromatic rings. The maximum absolute atomic E-state index is 10.6. The summed E-state index contributed by atoms with van der Waals surface area (Å²) in [6, 6.07) is 4.09. The third kappa shape index (κ3) is 2.54. The van der Waals surface area contributed by atoms with E-state index in [0.29, 0.717) is 5.02 Å². The fourth-order valence-electron chi connectivity index (χ4n) is 0.900. The van der Waals surface area contributed by atoms with Crippen molar-refractivity contribution >= 4 is 40.3 Å². The Morgan fingerprint density at radius 2 is 2.29 bits per heavy atom. The Bertz CT molecular complexity index is 397. The van der Waals surface area contributed by atoms with Crippen LogP contribution < -0.4 is 11.1 Å². The molecule has 0 atom stereocenters. The number of rotatable bonds is 2. The molecule has 7 heteroatoms. The summed E-state index contributed by atoms with van der Waals surface area (Å²) in [5.41, 5.74) is 5.27. The van der Waals surface area contributed by atoms with Gasteiger partial charge >= 0.3 is 0 Å². The molecule has 0 aliphatic carbocycles. The van der Waals surface area contributed by atoms with Gasteiger partial charge in [0.15, 0.2) is 5.11 Å². The molecule has 3 N–H and O–H groups in total. The number of hydrogen-bond acceptors (Lipinski definition) is 3. The highest BCUT2D eigenvalue weighted by molar-refractivity contribution is 7.80. The first kappa shape index (κ1) is 10.7. The third-order valence-electron chi connectivity index (χ3n) is 1.41. The Morgan fingerprint density at radius 1 is 1.64 bits per heavy atom. The molecule has 0 aliphatic heterocycles. The first-order valence-electron chi connectivity index (χ1n) is 3.51. The summed E-state index contributed by atoms with van der Waals surface area (Å²) < 4.78 is 0. The number of nitro benzene ring substituents is 1. The molecule has 14 heavy (non-hydrogen) atoms. The van der Waals surface area contributed by atoms with Gasteiger partial charge in [-0.15, -0.1) is 0 Å². The summed E-state index contributed by atoms with van der Waals surface area (Å²) in [7, 11) is 0. The lowest BCUT2D eigenvalue weighted by molar-refractivity contribution is -0.383. The average Bonchev–Trinajstić information content (AvgIpc) is 2.01. The van der Waals surface area contributed by atoms with E-state index < -0.39 is 4.92 Å². The summed E-state index contributed by atoms with van der Waals surface area (Å²) >= 11 is 10.2. The fourth-order valence-corrected chi connectivity index (χ4v) is 1.18. The molecule has 0 saturated heterocycles. The Kier molecular flexibility index (Phi) is 3.21. The van der Waals surface area contributed by atoms with Crippen LogP contribution in [0.1, 0.15) is 0 Å². The summed E-state index contributed by atoms with van der Waals surface area (Å²) in [5.74, 6) is 0. The zero-order valence-electron chi connectivity index (χ0n) is 6.86. The number of nitro groups is 1. The van der Waals surface area contributed by atoms with Gasteiger partial charge in [-0.2, -0.15) is 0 Å². The van der Waals surface area contributed by atoms with Crippen LogP contribution in [0.2, 0.25) is 5.02 Å². The third-order valence-corrected chi connectivity index (χ3v) is 1.75. The van der Waals surface area contributed by atoms with Gasteiger partial charge < -0.3 is 11.1 Å². The van der Waals surface area contributed by atoms with Crippen LogP contribution in [0.15, 0.2) is 18.2 Å². The SMILES string of the molecule is NC(=S)Nc1cc(Cl)ccc1[N+](=O)[O-]. The van der Waals surface area contributed by atoms with Crippen LogP contribution in [-0.2, 0) is 0 Å². The maximum atomic E-state index is 10.6. The predicted molar refractivity (Wildman–Crippen MR) is 58.5 cm³/mol. The number of benzene rings is 1. The first-order chi connectivity index (χ1) is 6.50. The molecule has 0 saturated carbocycles. The van der Waals surface area contributed by atoms with E-state index in [0.717, 1.165) is 0 Å². The van der Waals surface area contributed by atoms with Crippen molar-refractivity contribution in [3.63, 3.8) is 0 Å². The Labute approximate surface area is 90.0 Å². The second kappa shape index (κ2) is 4.21. The first-order valence-corrected chi connectivity index (χ1v) is 4.29. The van der Waals surface area contributed by atoms with Gasteiger partial charge in [-0.3, -0.25) is 10.1 Å². The van der Waals surface area contributed by atoms with E-state index >= 15 is 0 Å².